The first-order valence-electron chi connectivity index (χ1n) is 10.8. The molecular formula is C24H28N4O3. The number of ether oxygens (including phenoxy) is 2. The second-order valence-corrected chi connectivity index (χ2v) is 7.95. The molecule has 1 N–H and O–H groups in total. The average Bonchev–Trinajstić information content (AvgIpc) is 3.32. The van der Waals surface area contributed by atoms with Crippen LogP contribution in [0.3, 0.4) is 0 Å². The molecule has 7 heteroatoms. The van der Waals surface area contributed by atoms with Crippen molar-refractivity contribution in [1.29, 1.82) is 5.26 Å². The van der Waals surface area contributed by atoms with E-state index in [1.165, 1.54) is 12.8 Å². The lowest BCUT2D eigenvalue weighted by atomic mass is 10.2. The zero-order chi connectivity index (χ0) is 21.6. The van der Waals surface area contributed by atoms with Crippen LogP contribution >= 0.6 is 0 Å². The van der Waals surface area contributed by atoms with Crippen LogP contribution in [0.2, 0.25) is 0 Å². The molecule has 2 aromatic carbocycles. The van der Waals surface area contributed by atoms with Crippen LogP contribution in [0, 0.1) is 11.3 Å². The number of nitrogens with one attached hydrogen (secondary N) is 1. The number of rotatable bonds is 5. The van der Waals surface area contributed by atoms with Gasteiger partial charge in [0.15, 0.2) is 11.5 Å². The Morgan fingerprint density at radius 1 is 1.03 bits per heavy atom. The van der Waals surface area contributed by atoms with Crippen LogP contribution in [-0.4, -0.2) is 50.3 Å². The summed E-state index contributed by atoms with van der Waals surface area (Å²) in [6.07, 6.45) is 4.72. The van der Waals surface area contributed by atoms with Crippen molar-refractivity contribution in [1.82, 2.24) is 4.90 Å². The monoisotopic (exact) mass is 420 g/mol. The summed E-state index contributed by atoms with van der Waals surface area (Å²) in [4.78, 5) is 16.8. The molecule has 2 amide bonds. The second-order valence-electron chi connectivity index (χ2n) is 7.95. The SMILES string of the molecule is COc1ccc(NC(=O)N2CCN(c3ccc(C#N)cc3)CC2)cc1OC1CCCC1. The van der Waals surface area contributed by atoms with E-state index >= 15 is 0 Å². The van der Waals surface area contributed by atoms with E-state index in [9.17, 15) is 4.79 Å². The van der Waals surface area contributed by atoms with E-state index in [4.69, 9.17) is 14.7 Å². The Bertz CT molecular complexity index is 940. The third-order valence-corrected chi connectivity index (χ3v) is 5.94. The fourth-order valence-electron chi connectivity index (χ4n) is 4.15. The third-order valence-electron chi connectivity index (χ3n) is 5.94. The van der Waals surface area contributed by atoms with Gasteiger partial charge in [-0.05, 0) is 62.1 Å². The highest BCUT2D eigenvalue weighted by molar-refractivity contribution is 5.90. The zero-order valence-electron chi connectivity index (χ0n) is 17.8. The third kappa shape index (κ3) is 5.02. The summed E-state index contributed by atoms with van der Waals surface area (Å²) in [7, 11) is 1.63. The zero-order valence-corrected chi connectivity index (χ0v) is 17.8. The van der Waals surface area contributed by atoms with E-state index in [-0.39, 0.29) is 12.1 Å². The topological polar surface area (TPSA) is 77.8 Å². The van der Waals surface area contributed by atoms with Crippen LogP contribution in [0.4, 0.5) is 16.2 Å². The van der Waals surface area contributed by atoms with E-state index in [2.05, 4.69) is 16.3 Å². The molecule has 7 nitrogen and oxygen atoms in total. The molecule has 1 saturated carbocycles. The normalized spacial score (nSPS) is 16.6. The van der Waals surface area contributed by atoms with E-state index in [1.807, 2.05) is 47.4 Å². The van der Waals surface area contributed by atoms with Gasteiger partial charge in [0.05, 0.1) is 24.8 Å². The number of anilines is 2. The van der Waals surface area contributed by atoms with Gasteiger partial charge in [-0.1, -0.05) is 0 Å². The minimum absolute atomic E-state index is 0.114. The van der Waals surface area contributed by atoms with Gasteiger partial charge < -0.3 is 24.6 Å². The molecule has 31 heavy (non-hydrogen) atoms. The molecule has 2 fully saturated rings. The molecular weight excluding hydrogens is 392 g/mol. The van der Waals surface area contributed by atoms with E-state index in [0.29, 0.717) is 35.8 Å². The summed E-state index contributed by atoms with van der Waals surface area (Å²) in [6.45, 7) is 2.76. The number of benzene rings is 2. The van der Waals surface area contributed by atoms with Gasteiger partial charge in [-0.25, -0.2) is 4.79 Å². The van der Waals surface area contributed by atoms with Crippen molar-refractivity contribution < 1.29 is 14.3 Å². The molecule has 0 bridgehead atoms. The summed E-state index contributed by atoms with van der Waals surface area (Å²) < 4.78 is 11.6. The quantitative estimate of drug-likeness (QED) is 0.783. The molecule has 4 rings (SSSR count). The molecule has 0 radical (unpaired) electrons. The molecule has 0 atom stereocenters. The van der Waals surface area contributed by atoms with E-state index in [0.717, 1.165) is 31.6 Å². The minimum atomic E-state index is -0.114. The summed E-state index contributed by atoms with van der Waals surface area (Å²) in [5.74, 6) is 1.36. The molecule has 0 unspecified atom stereocenters. The number of urea groups is 1. The number of nitriles is 1. The molecule has 1 saturated heterocycles. The molecule has 1 heterocycles. The predicted molar refractivity (Wildman–Crippen MR) is 120 cm³/mol. The maximum Gasteiger partial charge on any atom is 0.321 e. The Balaban J connectivity index is 1.34. The second kappa shape index (κ2) is 9.61. The molecule has 1 aliphatic carbocycles. The molecule has 0 aromatic heterocycles. The number of carbonyl (C=O) groups excluding carboxylic acids is 1. The average molecular weight is 421 g/mol. The standard InChI is InChI=1S/C24H28N4O3/c1-30-22-11-8-19(16-23(22)31-21-4-2-3-5-21)26-24(29)28-14-12-27(13-15-28)20-9-6-18(17-25)7-10-20/h6-11,16,21H,2-5,12-15H2,1H3,(H,26,29). The number of hydrogen-bond donors (Lipinski definition) is 1. The van der Waals surface area contributed by atoms with Gasteiger partial charge in [-0.2, -0.15) is 5.26 Å². The van der Waals surface area contributed by atoms with Crippen LogP contribution in [-0.2, 0) is 0 Å². The Hall–Kier alpha value is -3.40. The van der Waals surface area contributed by atoms with Gasteiger partial charge in [0.25, 0.3) is 0 Å². The fraction of sp³-hybridized carbons (Fsp3) is 0.417. The Labute approximate surface area is 183 Å². The van der Waals surface area contributed by atoms with E-state index < -0.39 is 0 Å². The highest BCUT2D eigenvalue weighted by Gasteiger charge is 2.23. The lowest BCUT2D eigenvalue weighted by Gasteiger charge is -2.36. The summed E-state index contributed by atoms with van der Waals surface area (Å²) in [5.41, 5.74) is 2.42. The van der Waals surface area contributed by atoms with Crippen molar-refractivity contribution in [3.63, 3.8) is 0 Å². The molecule has 162 valence electrons. The molecule has 2 aliphatic rings. The highest BCUT2D eigenvalue weighted by atomic mass is 16.5. The molecule has 0 spiro atoms. The predicted octanol–water partition coefficient (Wildman–Crippen LogP) is 4.24. The number of nitrogens with zero attached hydrogens (tertiary/aromatic N) is 3. The van der Waals surface area contributed by atoms with Crippen molar-refractivity contribution >= 4 is 17.4 Å². The Morgan fingerprint density at radius 3 is 2.39 bits per heavy atom. The summed E-state index contributed by atoms with van der Waals surface area (Å²) >= 11 is 0. The summed E-state index contributed by atoms with van der Waals surface area (Å²) in [5, 5.41) is 11.9. The molecule has 2 aromatic rings. The maximum absolute atomic E-state index is 12.8. The van der Waals surface area contributed by atoms with E-state index in [1.54, 1.807) is 7.11 Å². The molecule has 1 aliphatic heterocycles. The Morgan fingerprint density at radius 2 is 1.74 bits per heavy atom. The van der Waals surface area contributed by atoms with Crippen LogP contribution in [0.5, 0.6) is 11.5 Å². The van der Waals surface area contributed by atoms with Gasteiger partial charge in [-0.3, -0.25) is 0 Å². The van der Waals surface area contributed by atoms with Crippen molar-refractivity contribution in [3.8, 4) is 17.6 Å². The van der Waals surface area contributed by atoms with Crippen molar-refractivity contribution in [3.05, 3.63) is 48.0 Å². The van der Waals surface area contributed by atoms with Gasteiger partial charge in [-0.15, -0.1) is 0 Å². The van der Waals surface area contributed by atoms with Crippen LogP contribution in [0.25, 0.3) is 0 Å². The van der Waals surface area contributed by atoms with Crippen LogP contribution < -0.4 is 19.7 Å². The fourth-order valence-corrected chi connectivity index (χ4v) is 4.15. The first-order chi connectivity index (χ1) is 15.2. The minimum Gasteiger partial charge on any atom is -0.493 e. The number of piperazine rings is 1. The number of hydrogen-bond acceptors (Lipinski definition) is 5. The van der Waals surface area contributed by atoms with Crippen LogP contribution in [0.15, 0.2) is 42.5 Å². The van der Waals surface area contributed by atoms with Crippen LogP contribution in [0.1, 0.15) is 31.2 Å². The maximum atomic E-state index is 12.8. The first-order valence-corrected chi connectivity index (χ1v) is 10.8. The van der Waals surface area contributed by atoms with Crippen molar-refractivity contribution in [2.24, 2.45) is 0 Å². The number of carbonyl (C=O) groups is 1. The largest absolute Gasteiger partial charge is 0.493 e. The Kier molecular flexibility index (Phi) is 6.46. The highest BCUT2D eigenvalue weighted by Crippen LogP contribution is 2.34. The first kappa shape index (κ1) is 20.9. The van der Waals surface area contributed by atoms with Crippen molar-refractivity contribution in [2.75, 3.05) is 43.5 Å². The number of amides is 2. The van der Waals surface area contributed by atoms with Gasteiger partial charge in [0.2, 0.25) is 0 Å². The van der Waals surface area contributed by atoms with Gasteiger partial charge in [0.1, 0.15) is 0 Å². The lowest BCUT2D eigenvalue weighted by molar-refractivity contribution is 0.201. The van der Waals surface area contributed by atoms with Crippen molar-refractivity contribution in [2.45, 2.75) is 31.8 Å². The van der Waals surface area contributed by atoms with Gasteiger partial charge in [0, 0.05) is 43.6 Å². The smallest absolute Gasteiger partial charge is 0.321 e. The summed E-state index contributed by atoms with van der Waals surface area (Å²) in [6, 6.07) is 15.1. The lowest BCUT2D eigenvalue weighted by Crippen LogP contribution is -2.50. The van der Waals surface area contributed by atoms with Gasteiger partial charge >= 0.3 is 6.03 Å². The number of methoxy groups -OCH3 is 1.